The molecule has 1 amide bonds. The molecule has 4 N–H and O–H groups in total. The number of carbonyl (C=O) groups excluding carboxylic acids is 1. The van der Waals surface area contributed by atoms with Crippen LogP contribution in [0.1, 0.15) is 15.9 Å². The van der Waals surface area contributed by atoms with E-state index in [0.29, 0.717) is 22.0 Å². The Labute approximate surface area is 153 Å². The number of hydrogen-bond acceptors (Lipinski definition) is 5. The van der Waals surface area contributed by atoms with E-state index in [4.69, 9.17) is 27.8 Å². The summed E-state index contributed by atoms with van der Waals surface area (Å²) in [4.78, 5) is 19.7. The maximum absolute atomic E-state index is 12.5. The van der Waals surface area contributed by atoms with Gasteiger partial charge in [0.05, 0.1) is 10.9 Å². The molecule has 0 aliphatic rings. The predicted molar refractivity (Wildman–Crippen MR) is 98.9 cm³/mol. The third-order valence-electron chi connectivity index (χ3n) is 3.84. The van der Waals surface area contributed by atoms with Crippen LogP contribution in [0.3, 0.4) is 0 Å². The van der Waals surface area contributed by atoms with Crippen molar-refractivity contribution in [3.05, 3.63) is 47.5 Å². The van der Waals surface area contributed by atoms with E-state index in [0.717, 1.165) is 11.1 Å². The third-order valence-corrected chi connectivity index (χ3v) is 4.13. The summed E-state index contributed by atoms with van der Waals surface area (Å²) in [6.45, 7) is -0.766. The number of rotatable bonds is 6. The molecular weight excluding hydrogens is 359 g/mol. The van der Waals surface area contributed by atoms with Gasteiger partial charge in [-0.05, 0) is 41.0 Å². The van der Waals surface area contributed by atoms with Gasteiger partial charge in [-0.2, -0.15) is 4.98 Å². The summed E-state index contributed by atoms with van der Waals surface area (Å²) in [5, 5.41) is 0.608. The molecule has 2 aromatic carbocycles. The summed E-state index contributed by atoms with van der Waals surface area (Å²) in [6, 6.07) is 10.7. The fraction of sp³-hybridized carbons (Fsp3) is 0.167. The van der Waals surface area contributed by atoms with E-state index < -0.39 is 12.6 Å². The molecule has 0 aliphatic heterocycles. The molecule has 3 rings (SSSR count). The molecule has 8 heteroatoms. The van der Waals surface area contributed by atoms with Crippen LogP contribution in [0.5, 0.6) is 5.88 Å². The van der Waals surface area contributed by atoms with Gasteiger partial charge in [-0.25, -0.2) is 9.37 Å². The minimum absolute atomic E-state index is 0.0503. The van der Waals surface area contributed by atoms with Gasteiger partial charge in [0.2, 0.25) is 17.7 Å². The highest BCUT2D eigenvalue weighted by atomic mass is 35.5. The molecule has 0 spiro atoms. The highest BCUT2D eigenvalue weighted by Crippen LogP contribution is 2.30. The van der Waals surface area contributed by atoms with Gasteiger partial charge in [0, 0.05) is 11.4 Å². The average Bonchev–Trinajstić information content (AvgIpc) is 2.65. The lowest BCUT2D eigenvalue weighted by molar-refractivity contribution is 0.0999. The minimum Gasteiger partial charge on any atom is -0.474 e. The SMILES string of the molecule is NC(=O)c1ccc(-c2ccc3nc(N)nc(OCCF)c3c2)cc1CCl. The Kier molecular flexibility index (Phi) is 5.18. The van der Waals surface area contributed by atoms with Crippen molar-refractivity contribution in [1.29, 1.82) is 0 Å². The van der Waals surface area contributed by atoms with E-state index in [1.807, 2.05) is 12.1 Å². The zero-order valence-electron chi connectivity index (χ0n) is 13.7. The smallest absolute Gasteiger partial charge is 0.249 e. The monoisotopic (exact) mass is 374 g/mol. The lowest BCUT2D eigenvalue weighted by atomic mass is 9.98. The second-order valence-corrected chi connectivity index (χ2v) is 5.79. The summed E-state index contributed by atoms with van der Waals surface area (Å²) in [7, 11) is 0. The minimum atomic E-state index is -0.640. The van der Waals surface area contributed by atoms with Crippen molar-refractivity contribution in [2.75, 3.05) is 19.0 Å². The number of aromatic nitrogens is 2. The van der Waals surface area contributed by atoms with Crippen molar-refractivity contribution < 1.29 is 13.9 Å². The maximum Gasteiger partial charge on any atom is 0.249 e. The number of benzene rings is 2. The molecule has 1 aromatic heterocycles. The van der Waals surface area contributed by atoms with Crippen LogP contribution in [0, 0.1) is 0 Å². The molecule has 0 radical (unpaired) electrons. The molecule has 6 nitrogen and oxygen atoms in total. The normalized spacial score (nSPS) is 10.8. The van der Waals surface area contributed by atoms with Crippen molar-refractivity contribution >= 4 is 34.4 Å². The van der Waals surface area contributed by atoms with Crippen LogP contribution in [-0.2, 0) is 5.88 Å². The standard InChI is InChI=1S/C18H16ClFN4O2/c19-9-12-7-10(1-3-13(12)16(21)25)11-2-4-15-14(8-11)17(26-6-5-20)24-18(22)23-15/h1-4,7-8H,5-6,9H2,(H2,21,25)(H2,22,23,24). The molecule has 0 saturated carbocycles. The molecule has 134 valence electrons. The Morgan fingerprint density at radius 3 is 2.58 bits per heavy atom. The molecule has 26 heavy (non-hydrogen) atoms. The molecular formula is C18H16ClFN4O2. The maximum atomic E-state index is 12.5. The van der Waals surface area contributed by atoms with Crippen LogP contribution in [0.25, 0.3) is 22.0 Å². The van der Waals surface area contributed by atoms with Crippen molar-refractivity contribution in [1.82, 2.24) is 9.97 Å². The summed E-state index contributed by atoms with van der Waals surface area (Å²) >= 11 is 5.93. The van der Waals surface area contributed by atoms with Crippen molar-refractivity contribution in [2.24, 2.45) is 5.73 Å². The number of alkyl halides is 2. The van der Waals surface area contributed by atoms with Crippen LogP contribution in [0.15, 0.2) is 36.4 Å². The van der Waals surface area contributed by atoms with E-state index in [9.17, 15) is 9.18 Å². The molecule has 0 unspecified atom stereocenters. The van der Waals surface area contributed by atoms with Gasteiger partial charge in [-0.15, -0.1) is 11.6 Å². The number of fused-ring (bicyclic) bond motifs is 1. The first-order valence-electron chi connectivity index (χ1n) is 7.78. The van der Waals surface area contributed by atoms with Gasteiger partial charge in [-0.3, -0.25) is 4.79 Å². The molecule has 0 atom stereocenters. The van der Waals surface area contributed by atoms with Gasteiger partial charge in [-0.1, -0.05) is 12.1 Å². The van der Waals surface area contributed by atoms with Gasteiger partial charge in [0.25, 0.3) is 0 Å². The summed E-state index contributed by atoms with van der Waals surface area (Å²) in [6.07, 6.45) is 0. The van der Waals surface area contributed by atoms with E-state index in [1.54, 1.807) is 24.3 Å². The number of amides is 1. The van der Waals surface area contributed by atoms with Crippen LogP contribution < -0.4 is 16.2 Å². The number of nitrogens with zero attached hydrogens (tertiary/aromatic N) is 2. The second kappa shape index (κ2) is 7.53. The van der Waals surface area contributed by atoms with Gasteiger partial charge < -0.3 is 16.2 Å². The molecule has 1 heterocycles. The zero-order valence-corrected chi connectivity index (χ0v) is 14.5. The Morgan fingerprint density at radius 2 is 1.88 bits per heavy atom. The second-order valence-electron chi connectivity index (χ2n) is 5.53. The van der Waals surface area contributed by atoms with E-state index in [2.05, 4.69) is 9.97 Å². The van der Waals surface area contributed by atoms with Gasteiger partial charge in [0.1, 0.15) is 13.3 Å². The van der Waals surface area contributed by atoms with Crippen LogP contribution >= 0.6 is 11.6 Å². The number of nitrogens with two attached hydrogens (primary N) is 2. The van der Waals surface area contributed by atoms with Crippen molar-refractivity contribution in [3.8, 4) is 17.0 Å². The summed E-state index contributed by atoms with van der Waals surface area (Å²) in [5.41, 5.74) is 14.3. The first-order chi connectivity index (χ1) is 12.5. The van der Waals surface area contributed by atoms with Crippen LogP contribution in [0.4, 0.5) is 10.3 Å². The Hall–Kier alpha value is -2.93. The molecule has 0 bridgehead atoms. The van der Waals surface area contributed by atoms with E-state index >= 15 is 0 Å². The summed E-state index contributed by atoms with van der Waals surface area (Å²) < 4.78 is 17.8. The number of hydrogen-bond donors (Lipinski definition) is 2. The average molecular weight is 375 g/mol. The number of anilines is 1. The Bertz CT molecular complexity index is 981. The van der Waals surface area contributed by atoms with Crippen LogP contribution in [-0.4, -0.2) is 29.2 Å². The molecule has 3 aromatic rings. The first kappa shape index (κ1) is 17.9. The molecule has 0 aliphatic carbocycles. The number of primary amides is 1. The van der Waals surface area contributed by atoms with Crippen molar-refractivity contribution in [2.45, 2.75) is 5.88 Å². The van der Waals surface area contributed by atoms with E-state index in [1.165, 1.54) is 0 Å². The third kappa shape index (κ3) is 3.52. The predicted octanol–water partition coefficient (Wildman–Crippen LogP) is 3.07. The first-order valence-corrected chi connectivity index (χ1v) is 8.32. The number of nitrogen functional groups attached to an aromatic ring is 1. The lowest BCUT2D eigenvalue weighted by Gasteiger charge is -2.11. The van der Waals surface area contributed by atoms with Gasteiger partial charge in [0.15, 0.2) is 0 Å². The largest absolute Gasteiger partial charge is 0.474 e. The van der Waals surface area contributed by atoms with Crippen LogP contribution in [0.2, 0.25) is 0 Å². The number of ether oxygens (including phenoxy) is 1. The van der Waals surface area contributed by atoms with Gasteiger partial charge >= 0.3 is 0 Å². The highest BCUT2D eigenvalue weighted by Gasteiger charge is 2.12. The quantitative estimate of drug-likeness (QED) is 0.645. The highest BCUT2D eigenvalue weighted by molar-refractivity contribution is 6.17. The Morgan fingerprint density at radius 1 is 1.15 bits per heavy atom. The zero-order chi connectivity index (χ0) is 18.7. The topological polar surface area (TPSA) is 104 Å². The van der Waals surface area contributed by atoms with E-state index in [-0.39, 0.29) is 24.3 Å². The lowest BCUT2D eigenvalue weighted by Crippen LogP contribution is -2.13. The fourth-order valence-electron chi connectivity index (χ4n) is 2.67. The van der Waals surface area contributed by atoms with Crippen molar-refractivity contribution in [3.63, 3.8) is 0 Å². The molecule has 0 saturated heterocycles. The fourth-order valence-corrected chi connectivity index (χ4v) is 2.89. The number of halogens is 2. The Balaban J connectivity index is 2.11. The molecule has 0 fully saturated rings. The summed E-state index contributed by atoms with van der Waals surface area (Å²) in [5.74, 6) is -0.103. The number of carbonyl (C=O) groups is 1.